The quantitative estimate of drug-likeness (QED) is 0.878. The first kappa shape index (κ1) is 14.8. The lowest BCUT2D eigenvalue weighted by Crippen LogP contribution is -2.22. The maximum atomic E-state index is 11.8. The van der Waals surface area contributed by atoms with Crippen LogP contribution >= 0.6 is 0 Å². The summed E-state index contributed by atoms with van der Waals surface area (Å²) in [7, 11) is 1.74. The van der Waals surface area contributed by atoms with Crippen LogP contribution in [0.25, 0.3) is 0 Å². The highest BCUT2D eigenvalue weighted by atomic mass is 16.5. The molecule has 0 fully saturated rings. The summed E-state index contributed by atoms with van der Waals surface area (Å²) in [5, 5.41) is 2.74. The molecule has 1 amide bonds. The van der Waals surface area contributed by atoms with Crippen LogP contribution < -0.4 is 5.32 Å². The summed E-state index contributed by atoms with van der Waals surface area (Å²) in [6, 6.07) is 9.05. The van der Waals surface area contributed by atoms with Crippen molar-refractivity contribution in [1.29, 1.82) is 0 Å². The van der Waals surface area contributed by atoms with Gasteiger partial charge in [0.1, 0.15) is 5.69 Å². The third-order valence-electron chi connectivity index (χ3n) is 3.37. The molecule has 1 aromatic heterocycles. The van der Waals surface area contributed by atoms with Gasteiger partial charge in [-0.2, -0.15) is 0 Å². The molecule has 110 valence electrons. The van der Waals surface area contributed by atoms with Crippen molar-refractivity contribution in [2.24, 2.45) is 7.05 Å². The summed E-state index contributed by atoms with van der Waals surface area (Å²) in [6.07, 6.45) is 1.74. The Kier molecular flexibility index (Phi) is 4.42. The SMILES string of the molecule is Cc1cccc(NC(=O)COC(=O)c2cccn2C)c1C. The second-order valence-electron chi connectivity index (χ2n) is 4.88. The van der Waals surface area contributed by atoms with E-state index >= 15 is 0 Å². The zero-order valence-electron chi connectivity index (χ0n) is 12.3. The van der Waals surface area contributed by atoms with Gasteiger partial charge in [-0.15, -0.1) is 0 Å². The van der Waals surface area contributed by atoms with E-state index in [-0.39, 0.29) is 12.5 Å². The van der Waals surface area contributed by atoms with Gasteiger partial charge < -0.3 is 14.6 Å². The second kappa shape index (κ2) is 6.26. The van der Waals surface area contributed by atoms with Crippen LogP contribution in [-0.2, 0) is 16.6 Å². The van der Waals surface area contributed by atoms with Crippen molar-refractivity contribution in [2.45, 2.75) is 13.8 Å². The number of aryl methyl sites for hydroxylation is 2. The molecule has 1 heterocycles. The third-order valence-corrected chi connectivity index (χ3v) is 3.37. The van der Waals surface area contributed by atoms with E-state index in [1.807, 2.05) is 32.0 Å². The Labute approximate surface area is 123 Å². The molecule has 5 nitrogen and oxygen atoms in total. The predicted octanol–water partition coefficient (Wildman–Crippen LogP) is 2.44. The van der Waals surface area contributed by atoms with Crippen molar-refractivity contribution in [1.82, 2.24) is 4.57 Å². The average molecular weight is 286 g/mol. The first-order valence-corrected chi connectivity index (χ1v) is 6.63. The number of carbonyl (C=O) groups is 2. The Morgan fingerprint density at radius 3 is 2.62 bits per heavy atom. The van der Waals surface area contributed by atoms with Gasteiger partial charge in [0.25, 0.3) is 5.91 Å². The van der Waals surface area contributed by atoms with Gasteiger partial charge in [-0.1, -0.05) is 12.1 Å². The molecule has 0 aliphatic carbocycles. The van der Waals surface area contributed by atoms with E-state index in [2.05, 4.69) is 5.32 Å². The number of benzene rings is 1. The zero-order chi connectivity index (χ0) is 15.4. The van der Waals surface area contributed by atoms with Crippen molar-refractivity contribution < 1.29 is 14.3 Å². The Morgan fingerprint density at radius 1 is 1.19 bits per heavy atom. The van der Waals surface area contributed by atoms with Crippen LogP contribution in [0, 0.1) is 13.8 Å². The number of rotatable bonds is 4. The van der Waals surface area contributed by atoms with Gasteiger partial charge in [0.05, 0.1) is 0 Å². The van der Waals surface area contributed by atoms with Crippen LogP contribution in [-0.4, -0.2) is 23.1 Å². The molecule has 0 spiro atoms. The molecule has 2 rings (SSSR count). The largest absolute Gasteiger partial charge is 0.451 e. The summed E-state index contributed by atoms with van der Waals surface area (Å²) >= 11 is 0. The molecule has 0 atom stereocenters. The zero-order valence-corrected chi connectivity index (χ0v) is 12.3. The number of amides is 1. The Bertz CT molecular complexity index is 674. The van der Waals surface area contributed by atoms with Crippen molar-refractivity contribution in [3.8, 4) is 0 Å². The van der Waals surface area contributed by atoms with E-state index in [0.717, 1.165) is 16.8 Å². The lowest BCUT2D eigenvalue weighted by Gasteiger charge is -2.10. The summed E-state index contributed by atoms with van der Waals surface area (Å²) < 4.78 is 6.64. The van der Waals surface area contributed by atoms with Crippen molar-refractivity contribution in [3.63, 3.8) is 0 Å². The van der Waals surface area contributed by atoms with E-state index in [0.29, 0.717) is 5.69 Å². The minimum atomic E-state index is -0.515. The lowest BCUT2D eigenvalue weighted by molar-refractivity contribution is -0.119. The molecule has 2 aromatic rings. The molecule has 0 unspecified atom stereocenters. The monoisotopic (exact) mass is 286 g/mol. The Hall–Kier alpha value is -2.56. The van der Waals surface area contributed by atoms with Crippen LogP contribution in [0.5, 0.6) is 0 Å². The lowest BCUT2D eigenvalue weighted by atomic mass is 10.1. The molecule has 1 aromatic carbocycles. The van der Waals surface area contributed by atoms with Gasteiger partial charge >= 0.3 is 5.97 Å². The topological polar surface area (TPSA) is 60.3 Å². The highest BCUT2D eigenvalue weighted by Gasteiger charge is 2.13. The highest BCUT2D eigenvalue weighted by molar-refractivity contribution is 5.95. The molecule has 0 radical (unpaired) electrons. The van der Waals surface area contributed by atoms with Crippen molar-refractivity contribution >= 4 is 17.6 Å². The molecule has 21 heavy (non-hydrogen) atoms. The van der Waals surface area contributed by atoms with E-state index in [1.54, 1.807) is 29.9 Å². The molecule has 1 N–H and O–H groups in total. The first-order chi connectivity index (χ1) is 9.99. The van der Waals surface area contributed by atoms with Crippen LogP contribution in [0.2, 0.25) is 0 Å². The second-order valence-corrected chi connectivity index (χ2v) is 4.88. The summed E-state index contributed by atoms with van der Waals surface area (Å²) in [5.74, 6) is -0.870. The average Bonchev–Trinajstić information content (AvgIpc) is 2.87. The number of ether oxygens (including phenoxy) is 1. The Balaban J connectivity index is 1.92. The molecule has 0 saturated heterocycles. The highest BCUT2D eigenvalue weighted by Crippen LogP contribution is 2.17. The normalized spacial score (nSPS) is 10.2. The third kappa shape index (κ3) is 3.51. The molecule has 0 saturated carbocycles. The number of nitrogens with one attached hydrogen (secondary N) is 1. The van der Waals surface area contributed by atoms with E-state index in [1.165, 1.54) is 0 Å². The Morgan fingerprint density at radius 2 is 1.95 bits per heavy atom. The maximum absolute atomic E-state index is 11.8. The van der Waals surface area contributed by atoms with Crippen LogP contribution in [0.1, 0.15) is 21.6 Å². The fraction of sp³-hybridized carbons (Fsp3) is 0.250. The van der Waals surface area contributed by atoms with E-state index in [9.17, 15) is 9.59 Å². The summed E-state index contributed by atoms with van der Waals surface area (Å²) in [6.45, 7) is 3.60. The van der Waals surface area contributed by atoms with Crippen molar-refractivity contribution in [2.75, 3.05) is 11.9 Å². The fourth-order valence-electron chi connectivity index (χ4n) is 1.95. The minimum absolute atomic E-state index is 0.308. The summed E-state index contributed by atoms with van der Waals surface area (Å²) in [5.41, 5.74) is 3.23. The van der Waals surface area contributed by atoms with Gasteiger partial charge in [0.15, 0.2) is 6.61 Å². The summed E-state index contributed by atoms with van der Waals surface area (Å²) in [4.78, 5) is 23.6. The van der Waals surface area contributed by atoms with Gasteiger partial charge in [-0.25, -0.2) is 4.79 Å². The van der Waals surface area contributed by atoms with Crippen molar-refractivity contribution in [3.05, 3.63) is 53.3 Å². The molecular formula is C16H18N2O3. The van der Waals surface area contributed by atoms with Crippen LogP contribution in [0.15, 0.2) is 36.5 Å². The van der Waals surface area contributed by atoms with Crippen LogP contribution in [0.3, 0.4) is 0 Å². The molecule has 0 aliphatic rings. The van der Waals surface area contributed by atoms with E-state index in [4.69, 9.17) is 4.74 Å². The van der Waals surface area contributed by atoms with Gasteiger partial charge in [0, 0.05) is 18.9 Å². The molecule has 0 aliphatic heterocycles. The fourth-order valence-corrected chi connectivity index (χ4v) is 1.95. The predicted molar refractivity (Wildman–Crippen MR) is 80.2 cm³/mol. The standard InChI is InChI=1S/C16H18N2O3/c1-11-6-4-7-13(12(11)2)17-15(19)10-21-16(20)14-8-5-9-18(14)3/h4-9H,10H2,1-3H3,(H,17,19). The number of esters is 1. The smallest absolute Gasteiger partial charge is 0.355 e. The number of hydrogen-bond donors (Lipinski definition) is 1. The van der Waals surface area contributed by atoms with Crippen LogP contribution in [0.4, 0.5) is 5.69 Å². The first-order valence-electron chi connectivity index (χ1n) is 6.63. The molecular weight excluding hydrogens is 268 g/mol. The minimum Gasteiger partial charge on any atom is -0.451 e. The number of hydrogen-bond acceptors (Lipinski definition) is 3. The number of nitrogens with zero attached hydrogens (tertiary/aromatic N) is 1. The number of carbonyl (C=O) groups excluding carboxylic acids is 2. The molecule has 5 heteroatoms. The van der Waals surface area contributed by atoms with Gasteiger partial charge in [-0.05, 0) is 43.2 Å². The van der Waals surface area contributed by atoms with Gasteiger partial charge in [-0.3, -0.25) is 4.79 Å². The van der Waals surface area contributed by atoms with E-state index < -0.39 is 5.97 Å². The molecule has 0 bridgehead atoms. The maximum Gasteiger partial charge on any atom is 0.355 e. The van der Waals surface area contributed by atoms with Gasteiger partial charge in [0.2, 0.25) is 0 Å². The number of aromatic nitrogens is 1. The number of anilines is 1.